The van der Waals surface area contributed by atoms with E-state index in [9.17, 15) is 4.79 Å². The van der Waals surface area contributed by atoms with Crippen LogP contribution in [-0.4, -0.2) is 43.8 Å². The summed E-state index contributed by atoms with van der Waals surface area (Å²) in [6, 6.07) is 10.4. The third-order valence-corrected chi connectivity index (χ3v) is 6.18. The van der Waals surface area contributed by atoms with E-state index in [1.54, 1.807) is 42.2 Å². The Kier molecular flexibility index (Phi) is 5.45. The molecule has 3 aromatic heterocycles. The number of fused-ring (bicyclic) bond motifs is 1. The van der Waals surface area contributed by atoms with Crippen molar-refractivity contribution in [1.82, 2.24) is 24.8 Å². The summed E-state index contributed by atoms with van der Waals surface area (Å²) in [7, 11) is 0. The molecule has 8 heteroatoms. The lowest BCUT2D eigenvalue weighted by molar-refractivity contribution is -0.127. The fourth-order valence-corrected chi connectivity index (χ4v) is 4.48. The predicted molar refractivity (Wildman–Crippen MR) is 123 cm³/mol. The molecular weight excluding hydrogens is 408 g/mol. The Labute approximate surface area is 183 Å². The molecule has 1 unspecified atom stereocenters. The second-order valence-electron chi connectivity index (χ2n) is 7.54. The molecule has 156 valence electrons. The van der Waals surface area contributed by atoms with Crippen LogP contribution in [0.2, 0.25) is 0 Å². The highest BCUT2D eigenvalue weighted by Crippen LogP contribution is 2.32. The average Bonchev–Trinajstić information content (AvgIpc) is 3.52. The molecule has 0 saturated carbocycles. The van der Waals surface area contributed by atoms with E-state index in [0.29, 0.717) is 6.54 Å². The number of hydrogen-bond acceptors (Lipinski definition) is 6. The molecule has 1 atom stereocenters. The SMILES string of the molecule is O=C(C=Cc1cnc[nH]1)N1CCCC(c2cc3ccccc3c(Nc3nccs3)n2)C1. The number of nitrogens with one attached hydrogen (secondary N) is 2. The van der Waals surface area contributed by atoms with Gasteiger partial charge in [0.25, 0.3) is 0 Å². The number of rotatable bonds is 5. The van der Waals surface area contributed by atoms with Crippen LogP contribution in [0.5, 0.6) is 0 Å². The van der Waals surface area contributed by atoms with E-state index in [0.717, 1.165) is 52.5 Å². The molecule has 2 N–H and O–H groups in total. The van der Waals surface area contributed by atoms with Crippen molar-refractivity contribution in [2.75, 3.05) is 18.4 Å². The zero-order valence-corrected chi connectivity index (χ0v) is 17.7. The van der Waals surface area contributed by atoms with Crippen LogP contribution in [0.4, 0.5) is 10.9 Å². The van der Waals surface area contributed by atoms with Gasteiger partial charge in [-0.3, -0.25) is 4.79 Å². The van der Waals surface area contributed by atoms with Crippen LogP contribution in [0.3, 0.4) is 0 Å². The number of likely N-dealkylation sites (tertiary alicyclic amines) is 1. The zero-order chi connectivity index (χ0) is 21.0. The summed E-state index contributed by atoms with van der Waals surface area (Å²) in [5.41, 5.74) is 1.82. The van der Waals surface area contributed by atoms with Gasteiger partial charge in [-0.2, -0.15) is 0 Å². The topological polar surface area (TPSA) is 86.8 Å². The number of H-pyrrole nitrogens is 1. The van der Waals surface area contributed by atoms with Gasteiger partial charge in [-0.15, -0.1) is 11.3 Å². The monoisotopic (exact) mass is 430 g/mol. The van der Waals surface area contributed by atoms with Gasteiger partial charge in [0.2, 0.25) is 5.91 Å². The summed E-state index contributed by atoms with van der Waals surface area (Å²) >= 11 is 1.55. The average molecular weight is 431 g/mol. The maximum Gasteiger partial charge on any atom is 0.246 e. The van der Waals surface area contributed by atoms with Crippen molar-refractivity contribution in [3.8, 4) is 0 Å². The fraction of sp³-hybridized carbons (Fsp3) is 0.217. The predicted octanol–water partition coefficient (Wildman–Crippen LogP) is 4.58. The van der Waals surface area contributed by atoms with Crippen LogP contribution in [0.1, 0.15) is 30.1 Å². The first kappa shape index (κ1) is 19.4. The van der Waals surface area contributed by atoms with Crippen LogP contribution < -0.4 is 5.32 Å². The number of anilines is 2. The number of aromatic amines is 1. The van der Waals surface area contributed by atoms with Crippen molar-refractivity contribution in [1.29, 1.82) is 0 Å². The first-order chi connectivity index (χ1) is 15.3. The van der Waals surface area contributed by atoms with E-state index >= 15 is 0 Å². The molecule has 4 aromatic rings. The molecule has 1 aliphatic rings. The third kappa shape index (κ3) is 4.34. The number of amides is 1. The number of carbonyl (C=O) groups excluding carboxylic acids is 1. The molecule has 31 heavy (non-hydrogen) atoms. The number of aromatic nitrogens is 4. The summed E-state index contributed by atoms with van der Waals surface area (Å²) in [5.74, 6) is 1.02. The standard InChI is InChI=1S/C23H22N6OS/c30-21(8-7-18-13-24-15-26-18)29-10-3-5-17(14-29)20-12-16-4-1-2-6-19(16)22(27-20)28-23-25-9-11-31-23/h1-2,4,6-9,11-13,15,17H,3,5,10,14H2,(H,24,26)(H,25,27,28). The molecule has 0 spiro atoms. The van der Waals surface area contributed by atoms with Crippen molar-refractivity contribution in [2.45, 2.75) is 18.8 Å². The number of imidazole rings is 1. The highest BCUT2D eigenvalue weighted by molar-refractivity contribution is 7.13. The normalized spacial score (nSPS) is 16.8. The van der Waals surface area contributed by atoms with E-state index in [2.05, 4.69) is 38.5 Å². The molecule has 7 nitrogen and oxygen atoms in total. The molecular formula is C23H22N6OS. The summed E-state index contributed by atoms with van der Waals surface area (Å²) in [4.78, 5) is 30.9. The van der Waals surface area contributed by atoms with Gasteiger partial charge in [0, 0.05) is 47.7 Å². The number of carbonyl (C=O) groups is 1. The van der Waals surface area contributed by atoms with Gasteiger partial charge in [0.1, 0.15) is 5.82 Å². The molecule has 0 bridgehead atoms. The van der Waals surface area contributed by atoms with E-state index in [1.807, 2.05) is 22.4 Å². The molecule has 1 fully saturated rings. The maximum absolute atomic E-state index is 12.7. The van der Waals surface area contributed by atoms with E-state index in [4.69, 9.17) is 4.98 Å². The minimum absolute atomic E-state index is 0.0150. The van der Waals surface area contributed by atoms with Crippen molar-refractivity contribution in [2.24, 2.45) is 0 Å². The van der Waals surface area contributed by atoms with E-state index in [1.165, 1.54) is 0 Å². The summed E-state index contributed by atoms with van der Waals surface area (Å²) in [6.45, 7) is 1.43. The highest BCUT2D eigenvalue weighted by Gasteiger charge is 2.25. The van der Waals surface area contributed by atoms with Crippen LogP contribution in [0.25, 0.3) is 16.8 Å². The van der Waals surface area contributed by atoms with Crippen LogP contribution in [0.15, 0.2) is 60.5 Å². The summed E-state index contributed by atoms with van der Waals surface area (Å²) < 4.78 is 0. The quantitative estimate of drug-likeness (QED) is 0.453. The molecule has 1 saturated heterocycles. The van der Waals surface area contributed by atoms with Gasteiger partial charge < -0.3 is 15.2 Å². The van der Waals surface area contributed by atoms with Gasteiger partial charge in [-0.25, -0.2) is 15.0 Å². The Morgan fingerprint density at radius 1 is 1.32 bits per heavy atom. The fourth-order valence-electron chi connectivity index (χ4n) is 3.95. The molecule has 4 heterocycles. The Balaban J connectivity index is 1.40. The van der Waals surface area contributed by atoms with Crippen LogP contribution in [-0.2, 0) is 4.79 Å². The zero-order valence-electron chi connectivity index (χ0n) is 16.9. The molecule has 5 rings (SSSR count). The number of piperidine rings is 1. The first-order valence-corrected chi connectivity index (χ1v) is 11.2. The molecule has 0 aliphatic carbocycles. The second kappa shape index (κ2) is 8.69. The lowest BCUT2D eigenvalue weighted by Crippen LogP contribution is -2.38. The molecule has 1 amide bonds. The van der Waals surface area contributed by atoms with E-state index < -0.39 is 0 Å². The minimum atomic E-state index is 0.0150. The molecule has 1 aliphatic heterocycles. The minimum Gasteiger partial charge on any atom is -0.345 e. The van der Waals surface area contributed by atoms with Crippen molar-refractivity contribution >= 4 is 45.0 Å². The largest absolute Gasteiger partial charge is 0.345 e. The molecule has 0 radical (unpaired) electrons. The van der Waals surface area contributed by atoms with Crippen LogP contribution >= 0.6 is 11.3 Å². The Morgan fingerprint density at radius 2 is 2.26 bits per heavy atom. The Hall–Kier alpha value is -3.52. The number of nitrogens with zero attached hydrogens (tertiary/aromatic N) is 4. The van der Waals surface area contributed by atoms with Crippen LogP contribution in [0, 0.1) is 0 Å². The summed E-state index contributed by atoms with van der Waals surface area (Å²) in [5, 5.41) is 8.33. The summed E-state index contributed by atoms with van der Waals surface area (Å²) in [6.07, 6.45) is 10.4. The molecule has 1 aromatic carbocycles. The Bertz CT molecular complexity index is 1200. The van der Waals surface area contributed by atoms with Gasteiger partial charge >= 0.3 is 0 Å². The maximum atomic E-state index is 12.7. The lowest BCUT2D eigenvalue weighted by atomic mass is 9.93. The van der Waals surface area contributed by atoms with Gasteiger partial charge in [-0.05, 0) is 30.4 Å². The van der Waals surface area contributed by atoms with Crippen molar-refractivity contribution < 1.29 is 4.79 Å². The van der Waals surface area contributed by atoms with Gasteiger partial charge in [0.15, 0.2) is 5.13 Å². The number of pyridine rings is 1. The lowest BCUT2D eigenvalue weighted by Gasteiger charge is -2.32. The Morgan fingerprint density at radius 3 is 3.10 bits per heavy atom. The number of thiazole rings is 1. The number of hydrogen-bond donors (Lipinski definition) is 2. The van der Waals surface area contributed by atoms with Crippen molar-refractivity contribution in [3.63, 3.8) is 0 Å². The van der Waals surface area contributed by atoms with Gasteiger partial charge in [-0.1, -0.05) is 24.3 Å². The second-order valence-corrected chi connectivity index (χ2v) is 8.44. The van der Waals surface area contributed by atoms with Crippen molar-refractivity contribution in [3.05, 3.63) is 71.9 Å². The third-order valence-electron chi connectivity index (χ3n) is 5.49. The van der Waals surface area contributed by atoms with Gasteiger partial charge in [0.05, 0.1) is 18.2 Å². The first-order valence-electron chi connectivity index (χ1n) is 10.3. The number of benzene rings is 1. The smallest absolute Gasteiger partial charge is 0.246 e. The van der Waals surface area contributed by atoms with E-state index in [-0.39, 0.29) is 11.8 Å². The highest BCUT2D eigenvalue weighted by atomic mass is 32.1.